The summed E-state index contributed by atoms with van der Waals surface area (Å²) in [4.78, 5) is 11.0. The van der Waals surface area contributed by atoms with Crippen molar-refractivity contribution < 1.29 is 24.1 Å². The Morgan fingerprint density at radius 2 is 1.83 bits per heavy atom. The van der Waals surface area contributed by atoms with Crippen LogP contribution in [0.4, 0.5) is 0 Å². The number of hydrogen-bond donors (Lipinski definition) is 2. The summed E-state index contributed by atoms with van der Waals surface area (Å²) in [5.41, 5.74) is 6.74. The first kappa shape index (κ1) is 14.3. The van der Waals surface area contributed by atoms with Gasteiger partial charge in [0.25, 0.3) is 0 Å². The smallest absolute Gasteiger partial charge is 0.325 e. The van der Waals surface area contributed by atoms with Crippen LogP contribution in [0.2, 0.25) is 0 Å². The van der Waals surface area contributed by atoms with E-state index in [1.54, 1.807) is 12.1 Å². The van der Waals surface area contributed by atoms with Crippen LogP contribution in [0.3, 0.4) is 0 Å². The van der Waals surface area contributed by atoms with E-state index in [1.165, 1.54) is 21.3 Å². The first-order chi connectivity index (χ1) is 8.54. The van der Waals surface area contributed by atoms with Crippen molar-refractivity contribution in [1.29, 1.82) is 0 Å². The molecule has 1 rings (SSSR count). The van der Waals surface area contributed by atoms with Gasteiger partial charge in [-0.15, -0.1) is 0 Å². The third-order valence-corrected chi connectivity index (χ3v) is 2.55. The van der Waals surface area contributed by atoms with Crippen LogP contribution in [0.1, 0.15) is 17.2 Å². The number of methoxy groups -OCH3 is 3. The number of carbonyl (C=O) groups is 1. The van der Waals surface area contributed by atoms with Gasteiger partial charge in [-0.1, -0.05) is 0 Å². The molecule has 6 heteroatoms. The van der Waals surface area contributed by atoms with Gasteiger partial charge < -0.3 is 25.1 Å². The molecule has 100 valence electrons. The van der Waals surface area contributed by atoms with Crippen molar-refractivity contribution in [2.24, 2.45) is 5.73 Å². The monoisotopic (exact) mass is 255 g/mol. The molecule has 0 spiro atoms. The summed E-state index contributed by atoms with van der Waals surface area (Å²) >= 11 is 0. The second-order valence-electron chi connectivity index (χ2n) is 3.65. The maximum atomic E-state index is 11.0. The van der Waals surface area contributed by atoms with E-state index < -0.39 is 12.0 Å². The van der Waals surface area contributed by atoms with Crippen LogP contribution in [-0.2, 0) is 16.1 Å². The molecule has 0 aliphatic heterocycles. The van der Waals surface area contributed by atoms with Crippen molar-refractivity contribution in [2.45, 2.75) is 12.6 Å². The average molecular weight is 255 g/mol. The number of carboxylic acid groups (broad SMARTS) is 1. The predicted octanol–water partition coefficient (Wildman–Crippen LogP) is 0.935. The van der Waals surface area contributed by atoms with Crippen molar-refractivity contribution in [3.63, 3.8) is 0 Å². The molecule has 0 heterocycles. The fourth-order valence-corrected chi connectivity index (χ4v) is 1.64. The van der Waals surface area contributed by atoms with Crippen LogP contribution >= 0.6 is 0 Å². The molecule has 1 atom stereocenters. The molecule has 18 heavy (non-hydrogen) atoms. The van der Waals surface area contributed by atoms with Gasteiger partial charge in [-0.25, -0.2) is 0 Å². The number of aliphatic carboxylic acids is 1. The Morgan fingerprint density at radius 1 is 1.28 bits per heavy atom. The zero-order chi connectivity index (χ0) is 13.7. The van der Waals surface area contributed by atoms with Crippen molar-refractivity contribution >= 4 is 5.97 Å². The lowest BCUT2D eigenvalue weighted by Crippen LogP contribution is -2.22. The largest absolute Gasteiger partial charge is 0.493 e. The van der Waals surface area contributed by atoms with Gasteiger partial charge >= 0.3 is 5.97 Å². The number of carboxylic acids is 1. The second-order valence-corrected chi connectivity index (χ2v) is 3.65. The quantitative estimate of drug-likeness (QED) is 0.786. The molecule has 1 unspecified atom stereocenters. The highest BCUT2D eigenvalue weighted by atomic mass is 16.5. The zero-order valence-electron chi connectivity index (χ0n) is 10.6. The highest BCUT2D eigenvalue weighted by Crippen LogP contribution is 2.33. The minimum Gasteiger partial charge on any atom is -0.493 e. The molecule has 0 aromatic heterocycles. The Kier molecular flexibility index (Phi) is 4.94. The SMILES string of the molecule is COCc1cc(OC)c(OC)cc1C(N)C(=O)O. The maximum absolute atomic E-state index is 11.0. The summed E-state index contributed by atoms with van der Waals surface area (Å²) in [6.07, 6.45) is 0. The fourth-order valence-electron chi connectivity index (χ4n) is 1.64. The molecule has 0 aliphatic rings. The normalized spacial score (nSPS) is 12.0. The third kappa shape index (κ3) is 2.91. The number of nitrogens with two attached hydrogens (primary N) is 1. The molecular formula is C12H17NO5. The number of hydrogen-bond acceptors (Lipinski definition) is 5. The second kappa shape index (κ2) is 6.23. The molecule has 6 nitrogen and oxygen atoms in total. The minimum absolute atomic E-state index is 0.247. The highest BCUT2D eigenvalue weighted by molar-refractivity contribution is 5.76. The van der Waals surface area contributed by atoms with E-state index >= 15 is 0 Å². The molecule has 0 bridgehead atoms. The van der Waals surface area contributed by atoms with Crippen molar-refractivity contribution in [3.05, 3.63) is 23.3 Å². The van der Waals surface area contributed by atoms with Crippen molar-refractivity contribution in [1.82, 2.24) is 0 Å². The van der Waals surface area contributed by atoms with E-state index in [2.05, 4.69) is 0 Å². The molecule has 0 amide bonds. The summed E-state index contributed by atoms with van der Waals surface area (Å²) in [5.74, 6) is -0.172. The Morgan fingerprint density at radius 3 is 2.28 bits per heavy atom. The third-order valence-electron chi connectivity index (χ3n) is 2.55. The van der Waals surface area contributed by atoms with Crippen molar-refractivity contribution in [2.75, 3.05) is 21.3 Å². The summed E-state index contributed by atoms with van der Waals surface area (Å²) in [6.45, 7) is 0.247. The Balaban J connectivity index is 3.32. The number of rotatable bonds is 6. The molecule has 1 aromatic carbocycles. The first-order valence-corrected chi connectivity index (χ1v) is 5.27. The fraction of sp³-hybridized carbons (Fsp3) is 0.417. The topological polar surface area (TPSA) is 91.0 Å². The van der Waals surface area contributed by atoms with Gasteiger partial charge in [0.15, 0.2) is 11.5 Å². The van der Waals surface area contributed by atoms with E-state index in [0.717, 1.165) is 0 Å². The minimum atomic E-state index is -1.13. The standard InChI is InChI=1S/C12H17NO5/c1-16-6-7-4-9(17-2)10(18-3)5-8(7)11(13)12(14)15/h4-5,11H,6,13H2,1-3H3,(H,14,15). The van der Waals surface area contributed by atoms with Gasteiger partial charge in [0, 0.05) is 7.11 Å². The van der Waals surface area contributed by atoms with E-state index in [-0.39, 0.29) is 6.61 Å². The average Bonchev–Trinajstić information content (AvgIpc) is 2.37. The van der Waals surface area contributed by atoms with Crippen LogP contribution in [-0.4, -0.2) is 32.4 Å². The molecule has 0 saturated carbocycles. The molecule has 0 aliphatic carbocycles. The number of benzene rings is 1. The van der Waals surface area contributed by atoms with Crippen molar-refractivity contribution in [3.8, 4) is 11.5 Å². The van der Waals surface area contributed by atoms with Crippen LogP contribution in [0.5, 0.6) is 11.5 Å². The van der Waals surface area contributed by atoms with E-state index in [4.69, 9.17) is 25.1 Å². The Hall–Kier alpha value is -1.79. The lowest BCUT2D eigenvalue weighted by atomic mass is 10.0. The van der Waals surface area contributed by atoms with Gasteiger partial charge in [-0.05, 0) is 23.3 Å². The number of ether oxygens (including phenoxy) is 3. The molecule has 0 saturated heterocycles. The Bertz CT molecular complexity index is 433. The van der Waals surface area contributed by atoms with Crippen LogP contribution < -0.4 is 15.2 Å². The molecule has 0 radical (unpaired) electrons. The first-order valence-electron chi connectivity index (χ1n) is 5.27. The molecule has 0 fully saturated rings. The van der Waals surface area contributed by atoms with Gasteiger partial charge in [0.1, 0.15) is 6.04 Å². The predicted molar refractivity (Wildman–Crippen MR) is 64.8 cm³/mol. The van der Waals surface area contributed by atoms with Gasteiger partial charge in [-0.2, -0.15) is 0 Å². The Labute approximate surface area is 105 Å². The van der Waals surface area contributed by atoms with Crippen LogP contribution in [0.15, 0.2) is 12.1 Å². The maximum Gasteiger partial charge on any atom is 0.325 e. The zero-order valence-corrected chi connectivity index (χ0v) is 10.6. The molecular weight excluding hydrogens is 238 g/mol. The lowest BCUT2D eigenvalue weighted by Gasteiger charge is -2.16. The summed E-state index contributed by atoms with van der Waals surface area (Å²) in [6, 6.07) is 2.10. The highest BCUT2D eigenvalue weighted by Gasteiger charge is 2.21. The lowest BCUT2D eigenvalue weighted by molar-refractivity contribution is -0.138. The summed E-state index contributed by atoms with van der Waals surface area (Å²) in [7, 11) is 4.50. The van der Waals surface area contributed by atoms with Gasteiger partial charge in [-0.3, -0.25) is 4.79 Å². The summed E-state index contributed by atoms with van der Waals surface area (Å²) < 4.78 is 15.3. The van der Waals surface area contributed by atoms with E-state index in [9.17, 15) is 4.79 Å². The van der Waals surface area contributed by atoms with E-state index in [0.29, 0.717) is 22.6 Å². The van der Waals surface area contributed by atoms with Gasteiger partial charge in [0.2, 0.25) is 0 Å². The molecule has 3 N–H and O–H groups in total. The van der Waals surface area contributed by atoms with Gasteiger partial charge in [0.05, 0.1) is 20.8 Å². The van der Waals surface area contributed by atoms with E-state index in [1.807, 2.05) is 0 Å². The van der Waals surface area contributed by atoms with Crippen LogP contribution in [0, 0.1) is 0 Å². The summed E-state index contributed by atoms with van der Waals surface area (Å²) in [5, 5.41) is 8.98. The molecule has 1 aromatic rings. The van der Waals surface area contributed by atoms with Crippen LogP contribution in [0.25, 0.3) is 0 Å².